The number of nitrogens with zero attached hydrogens (tertiary/aromatic N) is 1. The molecule has 0 saturated heterocycles. The van der Waals surface area contributed by atoms with Gasteiger partial charge in [-0.25, -0.2) is 0 Å². The highest BCUT2D eigenvalue weighted by atomic mass is 15.1. The highest BCUT2D eigenvalue weighted by Crippen LogP contribution is 1.82. The van der Waals surface area contributed by atoms with Crippen LogP contribution in [-0.2, 0) is 0 Å². The Kier molecular flexibility index (Phi) is 4.72. The molecule has 0 spiro atoms. The van der Waals surface area contributed by atoms with Crippen LogP contribution in [0.15, 0.2) is 0 Å². The molecule has 0 aromatic heterocycles. The van der Waals surface area contributed by atoms with Crippen molar-refractivity contribution in [2.24, 2.45) is 0 Å². The molecule has 9 heavy (non-hydrogen) atoms. The molecule has 0 aliphatic rings. The average molecular weight is 130 g/mol. The van der Waals surface area contributed by atoms with Crippen LogP contribution in [0.4, 0.5) is 0 Å². The lowest BCUT2D eigenvalue weighted by Gasteiger charge is -2.16. The largest absolute Gasteiger partial charge is 0.313 e. The minimum Gasteiger partial charge on any atom is -0.313 e. The average Bonchev–Trinajstić information content (AvgIpc) is 1.63. The van der Waals surface area contributed by atoms with Gasteiger partial charge in [0.15, 0.2) is 0 Å². The quantitative estimate of drug-likeness (QED) is 0.597. The molecule has 2 nitrogen and oxygen atoms in total. The summed E-state index contributed by atoms with van der Waals surface area (Å²) >= 11 is 0. The van der Waals surface area contributed by atoms with Gasteiger partial charge < -0.3 is 10.2 Å². The topological polar surface area (TPSA) is 15.3 Å². The van der Waals surface area contributed by atoms with Gasteiger partial charge in [-0.1, -0.05) is 6.92 Å². The van der Waals surface area contributed by atoms with Gasteiger partial charge in [0.2, 0.25) is 0 Å². The van der Waals surface area contributed by atoms with Crippen LogP contribution in [0.3, 0.4) is 0 Å². The lowest BCUT2D eigenvalue weighted by Crippen LogP contribution is -2.35. The standard InChI is InChI=1S/C7H18N2/c1-5-8-7(2)6-9(3)4/h7-8H,5-6H2,1-4H3. The van der Waals surface area contributed by atoms with Crippen LogP contribution < -0.4 is 5.32 Å². The van der Waals surface area contributed by atoms with Crippen LogP contribution in [0, 0.1) is 0 Å². The molecule has 2 heteroatoms. The molecule has 0 radical (unpaired) electrons. The highest BCUT2D eigenvalue weighted by Gasteiger charge is 1.98. The lowest BCUT2D eigenvalue weighted by atomic mass is 10.3. The molecule has 0 aromatic carbocycles. The van der Waals surface area contributed by atoms with Gasteiger partial charge >= 0.3 is 0 Å². The summed E-state index contributed by atoms with van der Waals surface area (Å²) < 4.78 is 0. The number of hydrogen-bond acceptors (Lipinski definition) is 2. The van der Waals surface area contributed by atoms with E-state index in [0.717, 1.165) is 13.1 Å². The summed E-state index contributed by atoms with van der Waals surface area (Å²) in [7, 11) is 4.18. The number of rotatable bonds is 4. The Hall–Kier alpha value is -0.0800. The molecule has 0 fully saturated rings. The third kappa shape index (κ3) is 5.80. The van der Waals surface area contributed by atoms with E-state index in [0.29, 0.717) is 6.04 Å². The molecule has 0 rings (SSSR count). The van der Waals surface area contributed by atoms with Crippen molar-refractivity contribution < 1.29 is 0 Å². The van der Waals surface area contributed by atoms with Crippen LogP contribution in [0.1, 0.15) is 13.8 Å². The van der Waals surface area contributed by atoms with Crippen molar-refractivity contribution in [3.63, 3.8) is 0 Å². The van der Waals surface area contributed by atoms with Crippen LogP contribution in [0.25, 0.3) is 0 Å². The first kappa shape index (κ1) is 8.92. The van der Waals surface area contributed by atoms with E-state index in [1.54, 1.807) is 0 Å². The van der Waals surface area contributed by atoms with E-state index in [1.807, 2.05) is 0 Å². The molecule has 0 aromatic rings. The third-order valence-corrected chi connectivity index (χ3v) is 1.19. The van der Waals surface area contributed by atoms with Gasteiger partial charge in [0, 0.05) is 12.6 Å². The summed E-state index contributed by atoms with van der Waals surface area (Å²) in [4.78, 5) is 2.19. The van der Waals surface area contributed by atoms with Gasteiger partial charge in [0.1, 0.15) is 0 Å². The molecule has 0 amide bonds. The molecule has 1 unspecified atom stereocenters. The Bertz CT molecular complexity index is 61.9. The first-order valence-electron chi connectivity index (χ1n) is 3.55. The molecule has 56 valence electrons. The molecule has 0 saturated carbocycles. The molecule has 0 heterocycles. The fourth-order valence-electron chi connectivity index (χ4n) is 0.961. The summed E-state index contributed by atoms with van der Waals surface area (Å²) in [6.45, 7) is 6.51. The van der Waals surface area contributed by atoms with E-state index < -0.39 is 0 Å². The fourth-order valence-corrected chi connectivity index (χ4v) is 0.961. The maximum Gasteiger partial charge on any atom is 0.0166 e. The summed E-state index contributed by atoms with van der Waals surface area (Å²) in [6.07, 6.45) is 0. The number of nitrogens with one attached hydrogen (secondary N) is 1. The third-order valence-electron chi connectivity index (χ3n) is 1.19. The first-order chi connectivity index (χ1) is 4.16. The van der Waals surface area contributed by atoms with Crippen molar-refractivity contribution in [1.82, 2.24) is 10.2 Å². The maximum absolute atomic E-state index is 3.34. The van der Waals surface area contributed by atoms with E-state index in [-0.39, 0.29) is 0 Å². The van der Waals surface area contributed by atoms with E-state index in [2.05, 4.69) is 38.2 Å². The zero-order chi connectivity index (χ0) is 7.28. The molecule has 1 N–H and O–H groups in total. The van der Waals surface area contributed by atoms with Crippen molar-refractivity contribution in [3.8, 4) is 0 Å². The number of likely N-dealkylation sites (N-methyl/N-ethyl adjacent to an activating group) is 2. The zero-order valence-electron chi connectivity index (χ0n) is 6.94. The summed E-state index contributed by atoms with van der Waals surface area (Å²) in [5, 5.41) is 3.34. The Balaban J connectivity index is 3.15. The predicted molar refractivity (Wildman–Crippen MR) is 41.7 cm³/mol. The first-order valence-corrected chi connectivity index (χ1v) is 3.55. The Morgan fingerprint density at radius 3 is 2.33 bits per heavy atom. The van der Waals surface area contributed by atoms with Gasteiger partial charge in [0.05, 0.1) is 0 Å². The summed E-state index contributed by atoms with van der Waals surface area (Å²) in [5.74, 6) is 0. The molecule has 0 bridgehead atoms. The van der Waals surface area contributed by atoms with Crippen LogP contribution in [-0.4, -0.2) is 38.1 Å². The lowest BCUT2D eigenvalue weighted by molar-refractivity contribution is 0.353. The van der Waals surface area contributed by atoms with Crippen molar-refractivity contribution in [1.29, 1.82) is 0 Å². The van der Waals surface area contributed by atoms with E-state index in [1.165, 1.54) is 0 Å². The van der Waals surface area contributed by atoms with Gasteiger partial charge in [-0.3, -0.25) is 0 Å². The molecule has 1 atom stereocenters. The smallest absolute Gasteiger partial charge is 0.0166 e. The number of hydrogen-bond donors (Lipinski definition) is 1. The normalized spacial score (nSPS) is 14.3. The van der Waals surface area contributed by atoms with Crippen LogP contribution in [0.2, 0.25) is 0 Å². The van der Waals surface area contributed by atoms with Gasteiger partial charge in [-0.2, -0.15) is 0 Å². The summed E-state index contributed by atoms with van der Waals surface area (Å²) in [6, 6.07) is 0.616. The van der Waals surface area contributed by atoms with Gasteiger partial charge in [0.25, 0.3) is 0 Å². The molecule has 0 aliphatic heterocycles. The van der Waals surface area contributed by atoms with Crippen LogP contribution >= 0.6 is 0 Å². The second-order valence-electron chi connectivity index (χ2n) is 2.72. The van der Waals surface area contributed by atoms with Crippen molar-refractivity contribution >= 4 is 0 Å². The molecule has 0 aliphatic carbocycles. The van der Waals surface area contributed by atoms with Crippen molar-refractivity contribution in [2.45, 2.75) is 19.9 Å². The van der Waals surface area contributed by atoms with Crippen molar-refractivity contribution in [2.75, 3.05) is 27.2 Å². The minimum atomic E-state index is 0.616. The van der Waals surface area contributed by atoms with E-state index in [9.17, 15) is 0 Å². The summed E-state index contributed by atoms with van der Waals surface area (Å²) in [5.41, 5.74) is 0. The zero-order valence-corrected chi connectivity index (χ0v) is 6.94. The molecular weight excluding hydrogens is 112 g/mol. The van der Waals surface area contributed by atoms with E-state index in [4.69, 9.17) is 0 Å². The molecular formula is C7H18N2. The fraction of sp³-hybridized carbons (Fsp3) is 1.00. The monoisotopic (exact) mass is 130 g/mol. The highest BCUT2D eigenvalue weighted by molar-refractivity contribution is 4.60. The SMILES string of the molecule is CCNC(C)CN(C)C. The Morgan fingerprint density at radius 2 is 2.00 bits per heavy atom. The Morgan fingerprint density at radius 1 is 1.44 bits per heavy atom. The van der Waals surface area contributed by atoms with Gasteiger partial charge in [-0.15, -0.1) is 0 Å². The maximum atomic E-state index is 3.34. The predicted octanol–water partition coefficient (Wildman–Crippen LogP) is 0.546. The van der Waals surface area contributed by atoms with Gasteiger partial charge in [-0.05, 0) is 27.6 Å². The van der Waals surface area contributed by atoms with Crippen molar-refractivity contribution in [3.05, 3.63) is 0 Å². The van der Waals surface area contributed by atoms with E-state index >= 15 is 0 Å². The van der Waals surface area contributed by atoms with Crippen LogP contribution in [0.5, 0.6) is 0 Å². The second kappa shape index (κ2) is 4.77. The minimum absolute atomic E-state index is 0.616. The Labute approximate surface area is 58.2 Å². The second-order valence-corrected chi connectivity index (χ2v) is 2.72.